The second-order valence-electron chi connectivity index (χ2n) is 9.98. The maximum atomic E-state index is 13.3. The van der Waals surface area contributed by atoms with Gasteiger partial charge < -0.3 is 20.5 Å². The number of fused-ring (bicyclic) bond motifs is 2. The molecule has 196 valence electrons. The number of carbonyl (C=O) groups excluding carboxylic acids is 2. The van der Waals surface area contributed by atoms with Crippen LogP contribution in [-0.2, 0) is 11.3 Å². The summed E-state index contributed by atoms with van der Waals surface area (Å²) in [5, 5.41) is 6.22. The number of H-pyrrole nitrogens is 1. The normalized spacial score (nSPS) is 16.8. The van der Waals surface area contributed by atoms with Crippen LogP contribution in [0.2, 0.25) is 0 Å². The van der Waals surface area contributed by atoms with Gasteiger partial charge in [0.25, 0.3) is 5.91 Å². The van der Waals surface area contributed by atoms with Crippen molar-refractivity contribution in [2.75, 3.05) is 5.32 Å². The number of amides is 2. The summed E-state index contributed by atoms with van der Waals surface area (Å²) in [5.41, 5.74) is 7.12. The predicted octanol–water partition coefficient (Wildman–Crippen LogP) is 5.18. The van der Waals surface area contributed by atoms with E-state index in [0.717, 1.165) is 27.9 Å². The van der Waals surface area contributed by atoms with Gasteiger partial charge in [0.15, 0.2) is 17.3 Å². The number of aromatic amines is 1. The fourth-order valence-corrected chi connectivity index (χ4v) is 5.41. The molecule has 0 radical (unpaired) electrons. The minimum atomic E-state index is -0.526. The molecule has 40 heavy (non-hydrogen) atoms. The minimum Gasteiger partial charge on any atom is -0.340 e. The van der Waals surface area contributed by atoms with Gasteiger partial charge in [-0.15, -0.1) is 0 Å². The van der Waals surface area contributed by atoms with E-state index in [2.05, 4.69) is 56.4 Å². The summed E-state index contributed by atoms with van der Waals surface area (Å²) in [4.78, 5) is 44.6. The van der Waals surface area contributed by atoms with Crippen molar-refractivity contribution in [3.8, 4) is 22.5 Å². The molecule has 1 unspecified atom stereocenters. The van der Waals surface area contributed by atoms with Crippen molar-refractivity contribution in [1.82, 2.24) is 30.2 Å². The summed E-state index contributed by atoms with van der Waals surface area (Å²) in [7, 11) is 0. The Bertz CT molecular complexity index is 1790. The fourth-order valence-electron chi connectivity index (χ4n) is 5.41. The van der Waals surface area contributed by atoms with Crippen LogP contribution >= 0.6 is 0 Å². The summed E-state index contributed by atoms with van der Waals surface area (Å²) in [6.07, 6.45) is 2.79. The van der Waals surface area contributed by atoms with E-state index in [1.54, 1.807) is 17.3 Å². The van der Waals surface area contributed by atoms with Gasteiger partial charge in [-0.25, -0.2) is 15.0 Å². The van der Waals surface area contributed by atoms with Crippen LogP contribution in [0.15, 0.2) is 91.4 Å². The topological polar surface area (TPSA) is 116 Å². The van der Waals surface area contributed by atoms with Crippen molar-refractivity contribution in [2.24, 2.45) is 0 Å². The summed E-state index contributed by atoms with van der Waals surface area (Å²) in [6.45, 7) is 4.17. The smallest absolute Gasteiger partial charge is 0.255 e. The molecule has 1 saturated heterocycles. The molecule has 2 aliphatic heterocycles. The van der Waals surface area contributed by atoms with Gasteiger partial charge in [0.2, 0.25) is 5.91 Å². The van der Waals surface area contributed by atoms with Crippen LogP contribution in [0.1, 0.15) is 28.8 Å². The Morgan fingerprint density at radius 1 is 0.900 bits per heavy atom. The van der Waals surface area contributed by atoms with Crippen LogP contribution in [0.4, 0.5) is 11.5 Å². The quantitative estimate of drug-likeness (QED) is 0.290. The first-order valence-corrected chi connectivity index (χ1v) is 13.1. The van der Waals surface area contributed by atoms with Gasteiger partial charge >= 0.3 is 0 Å². The molecule has 3 aromatic carbocycles. The van der Waals surface area contributed by atoms with Crippen LogP contribution in [0.25, 0.3) is 33.7 Å². The van der Waals surface area contributed by atoms with Crippen LogP contribution in [0.3, 0.4) is 0 Å². The number of rotatable bonds is 5. The molecule has 4 heterocycles. The third-order valence-corrected chi connectivity index (χ3v) is 7.48. The summed E-state index contributed by atoms with van der Waals surface area (Å²) < 4.78 is 0. The van der Waals surface area contributed by atoms with Gasteiger partial charge in [0.1, 0.15) is 11.6 Å². The van der Waals surface area contributed by atoms with Crippen molar-refractivity contribution in [3.05, 3.63) is 103 Å². The van der Waals surface area contributed by atoms with Gasteiger partial charge in [0.05, 0.1) is 6.33 Å². The highest BCUT2D eigenvalue weighted by molar-refractivity contribution is 6.03. The van der Waals surface area contributed by atoms with E-state index in [1.807, 2.05) is 42.5 Å². The highest BCUT2D eigenvalue weighted by atomic mass is 16.2. The molecule has 0 spiro atoms. The molecule has 0 aliphatic carbocycles. The summed E-state index contributed by atoms with van der Waals surface area (Å²) in [5.74, 6) is 0.742. The van der Waals surface area contributed by atoms with E-state index in [1.165, 1.54) is 0 Å². The van der Waals surface area contributed by atoms with Crippen LogP contribution < -0.4 is 10.6 Å². The minimum absolute atomic E-state index is 0.153. The number of nitrogens with one attached hydrogen (secondary N) is 3. The third kappa shape index (κ3) is 4.08. The van der Waals surface area contributed by atoms with Crippen molar-refractivity contribution in [2.45, 2.75) is 25.4 Å². The Labute approximate surface area is 230 Å². The Kier molecular flexibility index (Phi) is 5.62. The number of carbonyl (C=O) groups is 2. The van der Waals surface area contributed by atoms with Crippen molar-refractivity contribution >= 4 is 34.5 Å². The molecule has 2 aliphatic rings. The summed E-state index contributed by atoms with van der Waals surface area (Å²) >= 11 is 0. The number of imidazole rings is 1. The molecule has 1 atom stereocenters. The lowest BCUT2D eigenvalue weighted by Gasteiger charge is -2.31. The lowest BCUT2D eigenvalue weighted by atomic mass is 10.0. The van der Waals surface area contributed by atoms with E-state index in [0.29, 0.717) is 53.5 Å². The molecular weight excluding hydrogens is 502 g/mol. The highest BCUT2D eigenvalue weighted by Gasteiger charge is 2.39. The average Bonchev–Trinajstić information content (AvgIpc) is 3.59. The van der Waals surface area contributed by atoms with Crippen LogP contribution in [0.5, 0.6) is 0 Å². The first kappa shape index (κ1) is 23.8. The monoisotopic (exact) mass is 527 g/mol. The number of nitrogens with zero attached hydrogens (tertiary/aromatic N) is 4. The molecule has 9 heteroatoms. The molecule has 7 rings (SSSR count). The van der Waals surface area contributed by atoms with Crippen molar-refractivity contribution in [1.29, 1.82) is 0 Å². The third-order valence-electron chi connectivity index (χ3n) is 7.48. The van der Waals surface area contributed by atoms with E-state index in [4.69, 9.17) is 4.98 Å². The van der Waals surface area contributed by atoms with Gasteiger partial charge in [-0.05, 0) is 36.1 Å². The van der Waals surface area contributed by atoms with Gasteiger partial charge in [0, 0.05) is 34.6 Å². The predicted molar refractivity (Wildman–Crippen MR) is 152 cm³/mol. The lowest BCUT2D eigenvalue weighted by molar-refractivity contribution is -0.126. The number of anilines is 2. The second kappa shape index (κ2) is 9.46. The number of benzene rings is 3. The van der Waals surface area contributed by atoms with Crippen molar-refractivity contribution in [3.63, 3.8) is 0 Å². The Balaban J connectivity index is 1.21. The van der Waals surface area contributed by atoms with Crippen LogP contribution in [-0.4, -0.2) is 42.7 Å². The maximum Gasteiger partial charge on any atom is 0.255 e. The molecule has 0 saturated carbocycles. The standard InChI is InChI=1S/C31H25N7O2/c1-18-10-15-25(30(39)34-18)38-16-23-22(31(38)40)8-5-9-24(23)35-29-26-28(33-17-32-26)36-27(37-29)21-13-11-20(12-14-21)19-6-3-2-4-7-19/h2-9,11-14,17,25H,1,10,15-16H2,(H,34,39)(H2,32,33,35,36,37). The fraction of sp³-hybridized carbons (Fsp3) is 0.129. The second-order valence-corrected chi connectivity index (χ2v) is 9.98. The summed E-state index contributed by atoms with van der Waals surface area (Å²) in [6, 6.07) is 23.3. The number of aromatic nitrogens is 4. The molecule has 2 amide bonds. The van der Waals surface area contributed by atoms with E-state index in [9.17, 15) is 9.59 Å². The van der Waals surface area contributed by atoms with Gasteiger partial charge in [-0.3, -0.25) is 9.59 Å². The first-order chi connectivity index (χ1) is 19.5. The Morgan fingerprint density at radius 3 is 2.48 bits per heavy atom. The van der Waals surface area contributed by atoms with E-state index in [-0.39, 0.29) is 11.8 Å². The van der Waals surface area contributed by atoms with Crippen molar-refractivity contribution < 1.29 is 9.59 Å². The van der Waals surface area contributed by atoms with Gasteiger partial charge in [-0.2, -0.15) is 0 Å². The molecular formula is C31H25N7O2. The highest BCUT2D eigenvalue weighted by Crippen LogP contribution is 2.35. The zero-order valence-corrected chi connectivity index (χ0v) is 21.5. The lowest BCUT2D eigenvalue weighted by Crippen LogP contribution is -2.49. The number of hydrogen-bond donors (Lipinski definition) is 3. The molecule has 3 N–H and O–H groups in total. The Hall–Kier alpha value is -5.31. The molecule has 9 nitrogen and oxygen atoms in total. The Morgan fingerprint density at radius 2 is 1.68 bits per heavy atom. The number of hydrogen-bond acceptors (Lipinski definition) is 6. The average molecular weight is 528 g/mol. The SMILES string of the molecule is C=C1CCC(N2Cc3c(Nc4nc(-c5ccc(-c6ccccc6)cc5)nc5nc[nH]c45)cccc3C2=O)C(=O)N1. The number of allylic oxidation sites excluding steroid dienone is 1. The molecule has 0 bridgehead atoms. The number of piperidine rings is 1. The molecule has 2 aromatic heterocycles. The van der Waals surface area contributed by atoms with E-state index < -0.39 is 6.04 Å². The molecule has 5 aromatic rings. The van der Waals surface area contributed by atoms with Crippen LogP contribution in [0, 0.1) is 0 Å². The largest absolute Gasteiger partial charge is 0.340 e. The zero-order chi connectivity index (χ0) is 27.2. The molecule has 1 fully saturated rings. The van der Waals surface area contributed by atoms with Gasteiger partial charge in [-0.1, -0.05) is 67.2 Å². The first-order valence-electron chi connectivity index (χ1n) is 13.1. The zero-order valence-electron chi connectivity index (χ0n) is 21.5. The maximum absolute atomic E-state index is 13.3. The van der Waals surface area contributed by atoms with E-state index >= 15 is 0 Å².